The summed E-state index contributed by atoms with van der Waals surface area (Å²) in [7, 11) is 0. The minimum absolute atomic E-state index is 0.0548. The summed E-state index contributed by atoms with van der Waals surface area (Å²) in [5.74, 6) is 1.91. The van der Waals surface area contributed by atoms with E-state index in [4.69, 9.17) is 0 Å². The fourth-order valence-corrected chi connectivity index (χ4v) is 7.72. The number of ketones is 1. The van der Waals surface area contributed by atoms with Crippen LogP contribution >= 0.6 is 0 Å². The average Bonchev–Trinajstić information content (AvgIpc) is 2.92. The van der Waals surface area contributed by atoms with Gasteiger partial charge in [0.2, 0.25) is 0 Å². The number of hydrogen-bond acceptors (Lipinski definition) is 3. The SMILES string of the molecule is O=C1NC2(CCCc3ccccc32)C(=O)N1CC(=O)C12CC3CC(CC(C3)C1)C2. The Kier molecular flexibility index (Phi) is 3.61. The van der Waals surface area contributed by atoms with Gasteiger partial charge in [0.15, 0.2) is 5.78 Å². The first-order chi connectivity index (χ1) is 14.0. The highest BCUT2D eigenvalue weighted by Gasteiger charge is 2.58. The van der Waals surface area contributed by atoms with Crippen LogP contribution in [0, 0.1) is 23.2 Å². The number of Topliss-reactive ketones (excluding diaryl/α,β-unsaturated/α-hetero) is 1. The van der Waals surface area contributed by atoms with Crippen LogP contribution in [0.2, 0.25) is 0 Å². The number of urea groups is 1. The molecule has 1 saturated heterocycles. The van der Waals surface area contributed by atoms with E-state index in [1.54, 1.807) is 0 Å². The number of hydrogen-bond donors (Lipinski definition) is 1. The van der Waals surface area contributed by atoms with Gasteiger partial charge in [-0.25, -0.2) is 4.79 Å². The second-order valence-electron chi connectivity index (χ2n) is 10.4. The summed E-state index contributed by atoms with van der Waals surface area (Å²) >= 11 is 0. The van der Waals surface area contributed by atoms with Gasteiger partial charge in [0.1, 0.15) is 5.54 Å². The third kappa shape index (κ3) is 2.42. The maximum atomic E-state index is 13.5. The number of imide groups is 1. The molecule has 1 heterocycles. The molecule has 4 bridgehead atoms. The number of benzene rings is 1. The van der Waals surface area contributed by atoms with Gasteiger partial charge in [0.25, 0.3) is 5.91 Å². The van der Waals surface area contributed by atoms with E-state index >= 15 is 0 Å². The van der Waals surface area contributed by atoms with Crippen molar-refractivity contribution in [2.45, 2.75) is 63.3 Å². The van der Waals surface area contributed by atoms with Crippen LogP contribution in [0.3, 0.4) is 0 Å². The van der Waals surface area contributed by atoms with Crippen LogP contribution in [0.25, 0.3) is 0 Å². The molecule has 4 saturated carbocycles. The van der Waals surface area contributed by atoms with Crippen LogP contribution in [-0.4, -0.2) is 29.2 Å². The fourth-order valence-electron chi connectivity index (χ4n) is 7.72. The molecular formula is C24H28N2O3. The molecule has 1 spiro atoms. The van der Waals surface area contributed by atoms with Crippen LogP contribution in [0.15, 0.2) is 24.3 Å². The van der Waals surface area contributed by atoms with Gasteiger partial charge in [-0.05, 0) is 86.7 Å². The third-order valence-electron chi connectivity index (χ3n) is 8.58. The van der Waals surface area contributed by atoms with E-state index in [2.05, 4.69) is 5.32 Å². The summed E-state index contributed by atoms with van der Waals surface area (Å²) in [6.07, 6.45) is 9.12. The quantitative estimate of drug-likeness (QED) is 0.800. The molecule has 1 N–H and O–H groups in total. The molecule has 1 unspecified atom stereocenters. The summed E-state index contributed by atoms with van der Waals surface area (Å²) in [6.45, 7) is -0.0548. The lowest BCUT2D eigenvalue weighted by atomic mass is 9.48. The van der Waals surface area contributed by atoms with E-state index in [-0.39, 0.29) is 23.7 Å². The zero-order chi connectivity index (χ0) is 19.8. The lowest BCUT2D eigenvalue weighted by Crippen LogP contribution is -2.53. The molecule has 1 aromatic rings. The second kappa shape index (κ2) is 5.93. The zero-order valence-corrected chi connectivity index (χ0v) is 16.8. The Bertz CT molecular complexity index is 887. The highest BCUT2D eigenvalue weighted by molar-refractivity contribution is 6.10. The number of rotatable bonds is 3. The van der Waals surface area contributed by atoms with Gasteiger partial charge in [-0.1, -0.05) is 24.3 Å². The van der Waals surface area contributed by atoms with Crippen molar-refractivity contribution in [3.05, 3.63) is 35.4 Å². The number of carbonyl (C=O) groups excluding carboxylic acids is 3. The van der Waals surface area contributed by atoms with Gasteiger partial charge in [0.05, 0.1) is 6.54 Å². The van der Waals surface area contributed by atoms with Crippen molar-refractivity contribution in [3.63, 3.8) is 0 Å². The molecule has 1 atom stereocenters. The van der Waals surface area contributed by atoms with E-state index < -0.39 is 11.6 Å². The Labute approximate surface area is 171 Å². The van der Waals surface area contributed by atoms with E-state index in [1.807, 2.05) is 24.3 Å². The van der Waals surface area contributed by atoms with Gasteiger partial charge in [-0.2, -0.15) is 0 Å². The molecule has 5 nitrogen and oxygen atoms in total. The standard InChI is InChI=1S/C24H28N2O3/c27-20(23-11-15-8-16(12-23)10-17(9-15)13-23)14-26-21(28)24(25-22(26)29)7-3-5-18-4-1-2-6-19(18)24/h1-2,4,6,15-17H,3,5,7-14H2,(H,25,29). The van der Waals surface area contributed by atoms with Crippen LogP contribution in [-0.2, 0) is 21.5 Å². The minimum Gasteiger partial charge on any atom is -0.319 e. The summed E-state index contributed by atoms with van der Waals surface area (Å²) in [5.41, 5.74) is 0.777. The Morgan fingerprint density at radius 1 is 1.03 bits per heavy atom. The maximum absolute atomic E-state index is 13.5. The van der Waals surface area contributed by atoms with Crippen molar-refractivity contribution in [3.8, 4) is 0 Å². The van der Waals surface area contributed by atoms with E-state index in [1.165, 1.54) is 24.2 Å². The molecule has 152 valence electrons. The highest BCUT2D eigenvalue weighted by Crippen LogP contribution is 2.60. The van der Waals surface area contributed by atoms with Crippen molar-refractivity contribution in [2.75, 3.05) is 6.54 Å². The van der Waals surface area contributed by atoms with Crippen molar-refractivity contribution < 1.29 is 14.4 Å². The molecule has 1 aliphatic heterocycles. The molecule has 0 radical (unpaired) electrons. The number of aryl methyl sites for hydroxylation is 1. The molecule has 0 aromatic heterocycles. The predicted molar refractivity (Wildman–Crippen MR) is 107 cm³/mol. The molecule has 6 aliphatic rings. The predicted octanol–water partition coefficient (Wildman–Crippen LogP) is 3.56. The molecule has 1 aromatic carbocycles. The van der Waals surface area contributed by atoms with E-state index in [0.717, 1.165) is 43.2 Å². The molecule has 7 rings (SSSR count). The number of carbonyl (C=O) groups is 3. The van der Waals surface area contributed by atoms with Crippen molar-refractivity contribution in [1.29, 1.82) is 0 Å². The van der Waals surface area contributed by atoms with E-state index in [0.29, 0.717) is 24.2 Å². The maximum Gasteiger partial charge on any atom is 0.325 e. The summed E-state index contributed by atoms with van der Waals surface area (Å²) in [6, 6.07) is 7.50. The topological polar surface area (TPSA) is 66.5 Å². The van der Waals surface area contributed by atoms with Crippen molar-refractivity contribution >= 4 is 17.7 Å². The lowest BCUT2D eigenvalue weighted by molar-refractivity contribution is -0.147. The van der Waals surface area contributed by atoms with Gasteiger partial charge in [-0.3, -0.25) is 14.5 Å². The van der Waals surface area contributed by atoms with Gasteiger partial charge >= 0.3 is 6.03 Å². The molecule has 5 fully saturated rings. The Morgan fingerprint density at radius 2 is 1.69 bits per heavy atom. The second-order valence-corrected chi connectivity index (χ2v) is 10.4. The number of fused-ring (bicyclic) bond motifs is 2. The van der Waals surface area contributed by atoms with Crippen LogP contribution in [0.4, 0.5) is 4.79 Å². The summed E-state index contributed by atoms with van der Waals surface area (Å²) < 4.78 is 0. The van der Waals surface area contributed by atoms with Crippen LogP contribution < -0.4 is 5.32 Å². The minimum atomic E-state index is -0.978. The zero-order valence-electron chi connectivity index (χ0n) is 16.8. The molecule has 29 heavy (non-hydrogen) atoms. The molecule has 5 heteroatoms. The summed E-state index contributed by atoms with van der Waals surface area (Å²) in [5, 5.41) is 2.99. The lowest BCUT2D eigenvalue weighted by Gasteiger charge is -2.56. The van der Waals surface area contributed by atoms with E-state index in [9.17, 15) is 14.4 Å². The molecule has 3 amide bonds. The fraction of sp³-hybridized carbons (Fsp3) is 0.625. The Hall–Kier alpha value is -2.17. The molecule has 5 aliphatic carbocycles. The largest absolute Gasteiger partial charge is 0.325 e. The highest BCUT2D eigenvalue weighted by atomic mass is 16.2. The third-order valence-corrected chi connectivity index (χ3v) is 8.58. The number of nitrogens with one attached hydrogen (secondary N) is 1. The van der Waals surface area contributed by atoms with Gasteiger partial charge < -0.3 is 5.32 Å². The first kappa shape index (κ1) is 17.7. The first-order valence-electron chi connectivity index (χ1n) is 11.2. The average molecular weight is 392 g/mol. The smallest absolute Gasteiger partial charge is 0.319 e. The van der Waals surface area contributed by atoms with Gasteiger partial charge in [0, 0.05) is 5.41 Å². The summed E-state index contributed by atoms with van der Waals surface area (Å²) in [4.78, 5) is 41.1. The number of amides is 3. The van der Waals surface area contributed by atoms with Crippen LogP contribution in [0.5, 0.6) is 0 Å². The monoisotopic (exact) mass is 392 g/mol. The van der Waals surface area contributed by atoms with Gasteiger partial charge in [-0.15, -0.1) is 0 Å². The van der Waals surface area contributed by atoms with Crippen molar-refractivity contribution in [1.82, 2.24) is 10.2 Å². The normalized spacial score (nSPS) is 39.7. The Balaban J connectivity index is 1.28. The molecular weight excluding hydrogens is 364 g/mol. The number of nitrogens with zero attached hydrogens (tertiary/aromatic N) is 1. The van der Waals surface area contributed by atoms with Crippen LogP contribution in [0.1, 0.15) is 62.5 Å². The first-order valence-corrected chi connectivity index (χ1v) is 11.2. The van der Waals surface area contributed by atoms with Crippen molar-refractivity contribution in [2.24, 2.45) is 23.2 Å². The Morgan fingerprint density at radius 3 is 2.38 bits per heavy atom.